The number of rotatable bonds is 2. The summed E-state index contributed by atoms with van der Waals surface area (Å²) >= 11 is 0. The highest BCUT2D eigenvalue weighted by atomic mass is 16.3. The van der Waals surface area contributed by atoms with Gasteiger partial charge in [-0.2, -0.15) is 0 Å². The lowest BCUT2D eigenvalue weighted by Gasteiger charge is -2.78. The Kier molecular flexibility index (Phi) is 1.77. The topological polar surface area (TPSA) is 40.5 Å². The van der Waals surface area contributed by atoms with E-state index in [2.05, 4.69) is 0 Å². The summed E-state index contributed by atoms with van der Waals surface area (Å²) in [7, 11) is 0. The zero-order chi connectivity index (χ0) is 12.1. The Bertz CT molecular complexity index is 342. The van der Waals surface area contributed by atoms with Crippen LogP contribution in [0.15, 0.2) is 0 Å². The van der Waals surface area contributed by atoms with E-state index < -0.39 is 0 Å². The lowest BCUT2D eigenvalue weighted by Crippen LogP contribution is -2.73. The zero-order valence-corrected chi connectivity index (χ0v) is 11.0. The van der Waals surface area contributed by atoms with Gasteiger partial charge in [0.1, 0.15) is 0 Å². The second-order valence-electron chi connectivity index (χ2n) is 8.29. The standard InChI is InChI=1S/C16H24O2/c17-7-15-6-10-3-12-11(15)1-9-2-13(15)14(4-10)16(12,5-9)8-18/h9-14,17-18H,1-8H2/t9?,10?,11-,12-,13+,14+,15?,16?. The summed E-state index contributed by atoms with van der Waals surface area (Å²) in [6.45, 7) is 0.861. The Hall–Kier alpha value is -0.0800. The van der Waals surface area contributed by atoms with E-state index in [4.69, 9.17) is 0 Å². The van der Waals surface area contributed by atoms with Gasteiger partial charge in [-0.15, -0.1) is 0 Å². The first-order valence-corrected chi connectivity index (χ1v) is 7.95. The minimum atomic E-state index is 0.284. The molecule has 8 atom stereocenters. The van der Waals surface area contributed by atoms with Crippen molar-refractivity contribution >= 4 is 0 Å². The van der Waals surface area contributed by atoms with Gasteiger partial charge in [-0.3, -0.25) is 0 Å². The summed E-state index contributed by atoms with van der Waals surface area (Å²) in [4.78, 5) is 0. The van der Waals surface area contributed by atoms with E-state index in [0.717, 1.165) is 35.5 Å². The fourth-order valence-corrected chi connectivity index (χ4v) is 7.99. The lowest BCUT2D eigenvalue weighted by atomic mass is 9.27. The third-order valence-electron chi connectivity index (χ3n) is 8.20. The van der Waals surface area contributed by atoms with Gasteiger partial charge in [0.15, 0.2) is 0 Å². The van der Waals surface area contributed by atoms with Crippen molar-refractivity contribution in [1.29, 1.82) is 0 Å². The largest absolute Gasteiger partial charge is 0.396 e. The fraction of sp³-hybridized carbons (Fsp3) is 1.00. The predicted molar refractivity (Wildman–Crippen MR) is 67.7 cm³/mol. The first-order valence-electron chi connectivity index (χ1n) is 7.95. The van der Waals surface area contributed by atoms with Crippen LogP contribution >= 0.6 is 0 Å². The van der Waals surface area contributed by atoms with Crippen LogP contribution < -0.4 is 0 Å². The summed E-state index contributed by atoms with van der Waals surface area (Å²) in [5.74, 6) is 4.74. The van der Waals surface area contributed by atoms with E-state index in [-0.39, 0.29) is 10.8 Å². The number of hydrogen-bond acceptors (Lipinski definition) is 2. The van der Waals surface area contributed by atoms with Crippen LogP contribution in [0.2, 0.25) is 0 Å². The molecule has 7 aliphatic carbocycles. The summed E-state index contributed by atoms with van der Waals surface area (Å²) in [5, 5.41) is 20.3. The summed E-state index contributed by atoms with van der Waals surface area (Å²) in [6.07, 6.45) is 8.07. The van der Waals surface area contributed by atoms with Crippen LogP contribution in [0.25, 0.3) is 0 Å². The van der Waals surface area contributed by atoms with Crippen LogP contribution in [0, 0.1) is 46.3 Å². The van der Waals surface area contributed by atoms with Gasteiger partial charge in [0.05, 0.1) is 0 Å². The summed E-state index contributed by atoms with van der Waals surface area (Å²) < 4.78 is 0. The molecule has 2 nitrogen and oxygen atoms in total. The van der Waals surface area contributed by atoms with Crippen LogP contribution in [0.4, 0.5) is 0 Å². The average Bonchev–Trinajstić information content (AvgIpc) is 2.43. The molecule has 2 N–H and O–H groups in total. The van der Waals surface area contributed by atoms with Crippen LogP contribution in [0.3, 0.4) is 0 Å². The Labute approximate surface area is 109 Å². The molecule has 8 bridgehead atoms. The molecule has 0 radical (unpaired) electrons. The lowest BCUT2D eigenvalue weighted by molar-refractivity contribution is -0.312. The van der Waals surface area contributed by atoms with Crippen LogP contribution in [0.1, 0.15) is 38.5 Å². The van der Waals surface area contributed by atoms with Gasteiger partial charge in [-0.05, 0) is 84.9 Å². The maximum atomic E-state index is 10.1. The fourth-order valence-electron chi connectivity index (χ4n) is 7.99. The first kappa shape index (κ1) is 10.7. The molecule has 7 saturated carbocycles. The molecule has 0 spiro atoms. The van der Waals surface area contributed by atoms with Crippen molar-refractivity contribution in [3.8, 4) is 0 Å². The van der Waals surface area contributed by atoms with Crippen molar-refractivity contribution in [2.75, 3.05) is 13.2 Å². The van der Waals surface area contributed by atoms with Gasteiger partial charge >= 0.3 is 0 Å². The highest BCUT2D eigenvalue weighted by Crippen LogP contribution is 2.79. The normalized spacial score (nSPS) is 67.0. The molecule has 4 unspecified atom stereocenters. The molecule has 100 valence electrons. The van der Waals surface area contributed by atoms with E-state index >= 15 is 0 Å². The predicted octanol–water partition coefficient (Wildman–Crippen LogP) is 2.05. The van der Waals surface area contributed by atoms with Crippen LogP contribution in [0.5, 0.6) is 0 Å². The molecule has 0 aliphatic heterocycles. The quantitative estimate of drug-likeness (QED) is 0.785. The zero-order valence-electron chi connectivity index (χ0n) is 11.0. The maximum absolute atomic E-state index is 10.1. The van der Waals surface area contributed by atoms with Gasteiger partial charge in [0.25, 0.3) is 0 Å². The van der Waals surface area contributed by atoms with Gasteiger partial charge < -0.3 is 10.2 Å². The SMILES string of the molecule is OCC12CC3C[C@@H]4[C@H]1CC1C[C@H]2[C@H](C3)C4(CO)C1. The van der Waals surface area contributed by atoms with Crippen LogP contribution in [-0.4, -0.2) is 23.4 Å². The molecular formula is C16H24O2. The molecule has 7 fully saturated rings. The molecule has 7 aliphatic rings. The highest BCUT2D eigenvalue weighted by molar-refractivity contribution is 5.22. The van der Waals surface area contributed by atoms with Crippen molar-refractivity contribution < 1.29 is 10.2 Å². The molecule has 0 saturated heterocycles. The van der Waals surface area contributed by atoms with E-state index in [1.807, 2.05) is 0 Å². The second-order valence-corrected chi connectivity index (χ2v) is 8.29. The third-order valence-corrected chi connectivity index (χ3v) is 8.20. The van der Waals surface area contributed by atoms with E-state index in [1.54, 1.807) is 0 Å². The molecule has 0 amide bonds. The molecule has 7 rings (SSSR count). The maximum Gasteiger partial charge on any atom is 0.0493 e. The van der Waals surface area contributed by atoms with Gasteiger partial charge in [0.2, 0.25) is 0 Å². The Morgan fingerprint density at radius 2 is 1.00 bits per heavy atom. The molecule has 0 aromatic heterocycles. The van der Waals surface area contributed by atoms with Gasteiger partial charge in [0, 0.05) is 13.2 Å². The summed E-state index contributed by atoms with van der Waals surface area (Å²) in [5.41, 5.74) is 0.568. The number of aliphatic hydroxyl groups is 2. The Morgan fingerprint density at radius 3 is 1.28 bits per heavy atom. The first-order chi connectivity index (χ1) is 8.73. The number of aliphatic hydroxyl groups excluding tert-OH is 2. The Morgan fingerprint density at radius 1 is 0.667 bits per heavy atom. The summed E-state index contributed by atoms with van der Waals surface area (Å²) in [6, 6.07) is 0. The van der Waals surface area contributed by atoms with E-state index in [9.17, 15) is 10.2 Å². The minimum Gasteiger partial charge on any atom is -0.396 e. The molecule has 2 heteroatoms. The van der Waals surface area contributed by atoms with Crippen molar-refractivity contribution in [1.82, 2.24) is 0 Å². The van der Waals surface area contributed by atoms with E-state index in [1.165, 1.54) is 38.5 Å². The average molecular weight is 248 g/mol. The van der Waals surface area contributed by atoms with Crippen LogP contribution in [-0.2, 0) is 0 Å². The highest BCUT2D eigenvalue weighted by Gasteiger charge is 2.74. The monoisotopic (exact) mass is 248 g/mol. The van der Waals surface area contributed by atoms with Crippen molar-refractivity contribution in [2.45, 2.75) is 38.5 Å². The Balaban J connectivity index is 1.72. The van der Waals surface area contributed by atoms with Crippen molar-refractivity contribution in [3.63, 3.8) is 0 Å². The van der Waals surface area contributed by atoms with E-state index in [0.29, 0.717) is 13.2 Å². The smallest absolute Gasteiger partial charge is 0.0493 e. The molecule has 18 heavy (non-hydrogen) atoms. The van der Waals surface area contributed by atoms with Gasteiger partial charge in [-0.25, -0.2) is 0 Å². The van der Waals surface area contributed by atoms with Crippen molar-refractivity contribution in [2.24, 2.45) is 46.3 Å². The van der Waals surface area contributed by atoms with Crippen molar-refractivity contribution in [3.05, 3.63) is 0 Å². The number of hydrogen-bond donors (Lipinski definition) is 2. The minimum absolute atomic E-state index is 0.284. The molecule has 0 heterocycles. The van der Waals surface area contributed by atoms with Gasteiger partial charge in [-0.1, -0.05) is 0 Å². The molecule has 0 aromatic rings. The second kappa shape index (κ2) is 2.98. The molecule has 0 aromatic carbocycles. The third kappa shape index (κ3) is 0.867. The molecular weight excluding hydrogens is 224 g/mol.